The first-order valence-electron chi connectivity index (χ1n) is 10.4. The number of nitrogens with one attached hydrogen (secondary N) is 1. The molecule has 0 unspecified atom stereocenters. The van der Waals surface area contributed by atoms with Gasteiger partial charge in [-0.25, -0.2) is 9.97 Å². The fourth-order valence-electron chi connectivity index (χ4n) is 3.68. The molecule has 0 aliphatic heterocycles. The molecule has 4 aromatic heterocycles. The number of ether oxygens (including phenoxy) is 1. The second-order valence-corrected chi connectivity index (χ2v) is 9.88. The van der Waals surface area contributed by atoms with Crippen LogP contribution in [0.15, 0.2) is 24.4 Å². The van der Waals surface area contributed by atoms with Gasteiger partial charge in [0.2, 0.25) is 5.88 Å². The summed E-state index contributed by atoms with van der Waals surface area (Å²) in [7, 11) is 1.55. The SMILES string of the molecule is COc1cc2nc(/C(C#N)=C/c3cc(C)n(-c4sc(C(C)(C)C)cc4C#N)c3C)[nH]c2cn1. The lowest BCUT2D eigenvalue weighted by Gasteiger charge is -2.15. The van der Waals surface area contributed by atoms with E-state index in [9.17, 15) is 10.5 Å². The number of rotatable bonds is 4. The molecule has 0 saturated carbocycles. The number of methoxy groups -OCH3 is 1. The van der Waals surface area contributed by atoms with E-state index in [4.69, 9.17) is 4.74 Å². The summed E-state index contributed by atoms with van der Waals surface area (Å²) in [5, 5.41) is 20.5. The number of aromatic nitrogens is 4. The Morgan fingerprint density at radius 3 is 2.61 bits per heavy atom. The maximum absolute atomic E-state index is 9.86. The molecule has 0 amide bonds. The summed E-state index contributed by atoms with van der Waals surface area (Å²) in [6, 6.07) is 10.3. The van der Waals surface area contributed by atoms with Gasteiger partial charge in [-0.2, -0.15) is 10.5 Å². The molecule has 166 valence electrons. The topological polar surface area (TPSA) is 103 Å². The summed E-state index contributed by atoms with van der Waals surface area (Å²) in [4.78, 5) is 13.0. The molecule has 0 aliphatic carbocycles. The zero-order valence-corrected chi connectivity index (χ0v) is 20.3. The minimum atomic E-state index is -0.0426. The van der Waals surface area contributed by atoms with Crippen molar-refractivity contribution in [2.75, 3.05) is 7.11 Å². The summed E-state index contributed by atoms with van der Waals surface area (Å²) in [5.74, 6) is 0.932. The number of thiophene rings is 1. The third-order valence-corrected chi connectivity index (χ3v) is 7.02. The van der Waals surface area contributed by atoms with E-state index in [-0.39, 0.29) is 5.41 Å². The molecule has 0 radical (unpaired) electrons. The van der Waals surface area contributed by atoms with Crippen molar-refractivity contribution in [3.8, 4) is 23.0 Å². The predicted molar refractivity (Wildman–Crippen MR) is 130 cm³/mol. The van der Waals surface area contributed by atoms with Gasteiger partial charge in [0.05, 0.1) is 35.5 Å². The number of hydrogen-bond donors (Lipinski definition) is 1. The van der Waals surface area contributed by atoms with Gasteiger partial charge >= 0.3 is 0 Å². The molecule has 7 nitrogen and oxygen atoms in total. The smallest absolute Gasteiger partial charge is 0.215 e. The highest BCUT2D eigenvalue weighted by Crippen LogP contribution is 2.37. The van der Waals surface area contributed by atoms with Crippen LogP contribution >= 0.6 is 11.3 Å². The van der Waals surface area contributed by atoms with E-state index in [0.29, 0.717) is 28.4 Å². The van der Waals surface area contributed by atoms with Gasteiger partial charge in [0, 0.05) is 22.3 Å². The third-order valence-electron chi connectivity index (χ3n) is 5.47. The molecule has 0 atom stereocenters. The number of nitrogens with zero attached hydrogens (tertiary/aromatic N) is 5. The average Bonchev–Trinajstić information content (AvgIpc) is 3.46. The second kappa shape index (κ2) is 8.23. The summed E-state index contributed by atoms with van der Waals surface area (Å²) in [6.45, 7) is 10.4. The van der Waals surface area contributed by atoms with Crippen LogP contribution in [0.4, 0.5) is 0 Å². The maximum atomic E-state index is 9.86. The lowest BCUT2D eigenvalue weighted by molar-refractivity contribution is 0.398. The molecule has 4 rings (SSSR count). The number of aromatic amines is 1. The van der Waals surface area contributed by atoms with Crippen LogP contribution in [-0.2, 0) is 5.41 Å². The van der Waals surface area contributed by atoms with E-state index in [1.807, 2.05) is 32.1 Å². The highest BCUT2D eigenvalue weighted by molar-refractivity contribution is 7.15. The number of fused-ring (bicyclic) bond motifs is 1. The Kier molecular flexibility index (Phi) is 5.57. The molecule has 0 fully saturated rings. The average molecular weight is 457 g/mol. The first-order chi connectivity index (χ1) is 15.7. The second-order valence-electron chi connectivity index (χ2n) is 8.85. The van der Waals surface area contributed by atoms with Crippen molar-refractivity contribution in [2.24, 2.45) is 0 Å². The van der Waals surface area contributed by atoms with Gasteiger partial charge in [0.15, 0.2) is 0 Å². The number of nitriles is 2. The number of hydrogen-bond acceptors (Lipinski definition) is 6. The Balaban J connectivity index is 1.81. The maximum Gasteiger partial charge on any atom is 0.215 e. The summed E-state index contributed by atoms with van der Waals surface area (Å²) < 4.78 is 7.25. The number of pyridine rings is 1. The van der Waals surface area contributed by atoms with Crippen LogP contribution in [0.3, 0.4) is 0 Å². The molecule has 0 aliphatic rings. The molecule has 0 spiro atoms. The van der Waals surface area contributed by atoms with Crippen molar-refractivity contribution < 1.29 is 4.74 Å². The van der Waals surface area contributed by atoms with Crippen LogP contribution in [0, 0.1) is 36.5 Å². The zero-order valence-electron chi connectivity index (χ0n) is 19.4. The van der Waals surface area contributed by atoms with Gasteiger partial charge in [-0.05, 0) is 43.0 Å². The van der Waals surface area contributed by atoms with Crippen molar-refractivity contribution in [3.05, 3.63) is 57.6 Å². The van der Waals surface area contributed by atoms with Crippen LogP contribution in [0.25, 0.3) is 27.7 Å². The standard InChI is InChI=1S/C25H24N6OS/c1-14-7-16(15(2)31(14)24-18(12-27)9-21(33-24)25(3,4)5)8-17(11-26)23-29-19-10-22(32-6)28-13-20(19)30-23/h7-10,13H,1-6H3,(H,29,30)/b17-8+. The van der Waals surface area contributed by atoms with Gasteiger partial charge < -0.3 is 14.3 Å². The molecule has 4 heterocycles. The number of allylic oxidation sites excluding steroid dienone is 1. The fraction of sp³-hybridized carbons (Fsp3) is 0.280. The number of imidazole rings is 1. The molecule has 0 bridgehead atoms. The van der Waals surface area contributed by atoms with Gasteiger partial charge in [0.1, 0.15) is 23.0 Å². The highest BCUT2D eigenvalue weighted by atomic mass is 32.1. The van der Waals surface area contributed by atoms with Crippen LogP contribution < -0.4 is 4.74 Å². The van der Waals surface area contributed by atoms with E-state index >= 15 is 0 Å². The normalized spacial score (nSPS) is 12.1. The van der Waals surface area contributed by atoms with Gasteiger partial charge in [-0.3, -0.25) is 0 Å². The Morgan fingerprint density at radius 1 is 1.21 bits per heavy atom. The van der Waals surface area contributed by atoms with Crippen molar-refractivity contribution in [1.29, 1.82) is 10.5 Å². The molecule has 1 N–H and O–H groups in total. The summed E-state index contributed by atoms with van der Waals surface area (Å²) in [6.07, 6.45) is 3.46. The Bertz CT molecular complexity index is 1480. The number of aryl methyl sites for hydroxylation is 1. The molecular weight excluding hydrogens is 432 g/mol. The molecular formula is C25H24N6OS. The molecule has 8 heteroatoms. The Hall–Kier alpha value is -3.88. The lowest BCUT2D eigenvalue weighted by Crippen LogP contribution is -2.07. The summed E-state index contributed by atoms with van der Waals surface area (Å²) in [5.41, 5.74) is 5.27. The van der Waals surface area contributed by atoms with E-state index in [2.05, 4.69) is 52.4 Å². The van der Waals surface area contributed by atoms with Crippen molar-refractivity contribution in [3.63, 3.8) is 0 Å². The summed E-state index contributed by atoms with van der Waals surface area (Å²) >= 11 is 1.63. The third kappa shape index (κ3) is 4.02. The monoisotopic (exact) mass is 456 g/mol. The van der Waals surface area contributed by atoms with E-state index in [0.717, 1.165) is 32.3 Å². The van der Waals surface area contributed by atoms with E-state index in [1.54, 1.807) is 30.7 Å². The first-order valence-corrected chi connectivity index (χ1v) is 11.2. The first kappa shape index (κ1) is 22.3. The molecule has 0 aromatic carbocycles. The van der Waals surface area contributed by atoms with Crippen molar-refractivity contribution in [1.82, 2.24) is 19.5 Å². The minimum Gasteiger partial charge on any atom is -0.481 e. The van der Waals surface area contributed by atoms with Gasteiger partial charge in [-0.15, -0.1) is 11.3 Å². The van der Waals surface area contributed by atoms with Crippen LogP contribution in [0.5, 0.6) is 5.88 Å². The molecule has 33 heavy (non-hydrogen) atoms. The van der Waals surface area contributed by atoms with Crippen molar-refractivity contribution in [2.45, 2.75) is 40.0 Å². The van der Waals surface area contributed by atoms with Crippen LogP contribution in [-0.4, -0.2) is 26.6 Å². The minimum absolute atomic E-state index is 0.0426. The van der Waals surface area contributed by atoms with Crippen LogP contribution in [0.2, 0.25) is 0 Å². The zero-order chi connectivity index (χ0) is 23.9. The van der Waals surface area contributed by atoms with E-state index in [1.165, 1.54) is 0 Å². The molecule has 0 saturated heterocycles. The molecule has 4 aromatic rings. The van der Waals surface area contributed by atoms with Gasteiger partial charge in [0.25, 0.3) is 0 Å². The fourth-order valence-corrected chi connectivity index (χ4v) is 4.96. The largest absolute Gasteiger partial charge is 0.481 e. The Labute approximate surface area is 196 Å². The highest BCUT2D eigenvalue weighted by Gasteiger charge is 2.22. The Morgan fingerprint density at radius 2 is 1.97 bits per heavy atom. The quantitative estimate of drug-likeness (QED) is 0.399. The van der Waals surface area contributed by atoms with E-state index < -0.39 is 0 Å². The lowest BCUT2D eigenvalue weighted by atomic mass is 9.94. The number of H-pyrrole nitrogens is 1. The predicted octanol–water partition coefficient (Wildman–Crippen LogP) is 5.67. The van der Waals surface area contributed by atoms with Crippen molar-refractivity contribution >= 4 is 34.0 Å². The van der Waals surface area contributed by atoms with Crippen LogP contribution in [0.1, 0.15) is 54.0 Å². The van der Waals surface area contributed by atoms with Gasteiger partial charge in [-0.1, -0.05) is 20.8 Å².